The van der Waals surface area contributed by atoms with Crippen LogP contribution in [0.3, 0.4) is 0 Å². The zero-order valence-electron chi connectivity index (χ0n) is 9.78. The second-order valence-corrected chi connectivity index (χ2v) is 5.27. The number of nitrogens with one attached hydrogen (secondary N) is 1. The van der Waals surface area contributed by atoms with Crippen LogP contribution >= 0.6 is 11.3 Å². The predicted molar refractivity (Wildman–Crippen MR) is 67.7 cm³/mol. The van der Waals surface area contributed by atoms with Crippen LogP contribution < -0.4 is 11.1 Å². The number of thiophene rings is 1. The number of hydrogen-bond acceptors (Lipinski definition) is 4. The van der Waals surface area contributed by atoms with Crippen molar-refractivity contribution in [1.29, 1.82) is 0 Å². The van der Waals surface area contributed by atoms with Crippen molar-refractivity contribution in [2.24, 2.45) is 11.1 Å². The summed E-state index contributed by atoms with van der Waals surface area (Å²) < 4.78 is 5.29. The topological polar surface area (TPSA) is 64.4 Å². The Labute approximate surface area is 105 Å². The number of nitrogens with two attached hydrogens (primary N) is 1. The van der Waals surface area contributed by atoms with Crippen molar-refractivity contribution in [2.45, 2.75) is 19.4 Å². The first-order valence-corrected chi connectivity index (χ1v) is 6.77. The number of hydrogen-bond donors (Lipinski definition) is 2. The Kier molecular flexibility index (Phi) is 4.15. The SMILES string of the molecule is NC(=O)C1(CNCc2ccsc2)CCOCC1. The first-order chi connectivity index (χ1) is 8.23. The van der Waals surface area contributed by atoms with E-state index in [9.17, 15) is 4.79 Å². The lowest BCUT2D eigenvalue weighted by Gasteiger charge is -2.34. The van der Waals surface area contributed by atoms with Crippen LogP contribution in [0.5, 0.6) is 0 Å². The number of primary amides is 1. The fourth-order valence-electron chi connectivity index (χ4n) is 2.11. The molecule has 5 heteroatoms. The number of amides is 1. The Bertz CT molecular complexity index is 359. The molecule has 17 heavy (non-hydrogen) atoms. The monoisotopic (exact) mass is 254 g/mol. The third kappa shape index (κ3) is 3.06. The van der Waals surface area contributed by atoms with Crippen LogP contribution in [0, 0.1) is 5.41 Å². The number of rotatable bonds is 5. The second-order valence-electron chi connectivity index (χ2n) is 4.49. The van der Waals surface area contributed by atoms with Gasteiger partial charge in [-0.25, -0.2) is 0 Å². The van der Waals surface area contributed by atoms with Crippen molar-refractivity contribution >= 4 is 17.2 Å². The molecule has 1 amide bonds. The van der Waals surface area contributed by atoms with Gasteiger partial charge in [-0.05, 0) is 35.2 Å². The van der Waals surface area contributed by atoms with Crippen LogP contribution in [0.4, 0.5) is 0 Å². The van der Waals surface area contributed by atoms with E-state index < -0.39 is 5.41 Å². The van der Waals surface area contributed by atoms with Crippen molar-refractivity contribution in [1.82, 2.24) is 5.32 Å². The van der Waals surface area contributed by atoms with Gasteiger partial charge in [-0.1, -0.05) is 0 Å². The Hall–Kier alpha value is -0.910. The van der Waals surface area contributed by atoms with Crippen LogP contribution in [0.2, 0.25) is 0 Å². The van der Waals surface area contributed by atoms with Crippen molar-refractivity contribution in [3.05, 3.63) is 22.4 Å². The molecular formula is C12H18N2O2S. The van der Waals surface area contributed by atoms with E-state index in [1.54, 1.807) is 11.3 Å². The van der Waals surface area contributed by atoms with Crippen molar-refractivity contribution < 1.29 is 9.53 Å². The Balaban J connectivity index is 1.87. The summed E-state index contributed by atoms with van der Waals surface area (Å²) in [6.45, 7) is 2.69. The minimum atomic E-state index is -0.422. The largest absolute Gasteiger partial charge is 0.381 e. The van der Waals surface area contributed by atoms with Gasteiger partial charge >= 0.3 is 0 Å². The molecule has 3 N–H and O–H groups in total. The molecule has 0 bridgehead atoms. The molecule has 1 saturated heterocycles. The zero-order valence-corrected chi connectivity index (χ0v) is 10.6. The summed E-state index contributed by atoms with van der Waals surface area (Å²) >= 11 is 1.68. The summed E-state index contributed by atoms with van der Waals surface area (Å²) in [6.07, 6.45) is 1.44. The van der Waals surface area contributed by atoms with Crippen molar-refractivity contribution in [3.63, 3.8) is 0 Å². The molecule has 4 nitrogen and oxygen atoms in total. The van der Waals surface area contributed by atoms with Gasteiger partial charge in [0.1, 0.15) is 0 Å². The molecule has 2 heterocycles. The number of ether oxygens (including phenoxy) is 1. The average molecular weight is 254 g/mol. The molecule has 0 aromatic carbocycles. The molecule has 1 aliphatic rings. The second kappa shape index (κ2) is 5.62. The molecule has 1 fully saturated rings. The fourth-order valence-corrected chi connectivity index (χ4v) is 2.78. The van der Waals surface area contributed by atoms with E-state index in [-0.39, 0.29) is 5.91 Å². The zero-order chi connectivity index (χ0) is 12.1. The molecule has 94 valence electrons. The van der Waals surface area contributed by atoms with Crippen LogP contribution in [-0.4, -0.2) is 25.7 Å². The highest BCUT2D eigenvalue weighted by Crippen LogP contribution is 2.29. The lowest BCUT2D eigenvalue weighted by molar-refractivity contribution is -0.132. The molecule has 1 aromatic heterocycles. The summed E-state index contributed by atoms with van der Waals surface area (Å²) in [7, 11) is 0. The third-order valence-corrected chi connectivity index (χ3v) is 4.08. The highest BCUT2D eigenvalue weighted by molar-refractivity contribution is 7.07. The van der Waals surface area contributed by atoms with Crippen molar-refractivity contribution in [3.8, 4) is 0 Å². The third-order valence-electron chi connectivity index (χ3n) is 3.35. The maximum absolute atomic E-state index is 11.6. The normalized spacial score (nSPS) is 19.1. The highest BCUT2D eigenvalue weighted by atomic mass is 32.1. The molecule has 0 spiro atoms. The van der Waals surface area contributed by atoms with Gasteiger partial charge < -0.3 is 15.8 Å². The van der Waals surface area contributed by atoms with Gasteiger partial charge in [0.25, 0.3) is 0 Å². The molecule has 0 unspecified atom stereocenters. The van der Waals surface area contributed by atoms with E-state index in [1.165, 1.54) is 5.56 Å². The smallest absolute Gasteiger partial charge is 0.225 e. The molecule has 0 atom stereocenters. The quantitative estimate of drug-likeness (QED) is 0.827. The summed E-state index contributed by atoms with van der Waals surface area (Å²) in [6, 6.07) is 2.08. The molecule has 2 rings (SSSR count). The Morgan fingerprint density at radius 1 is 1.53 bits per heavy atom. The average Bonchev–Trinajstić information content (AvgIpc) is 2.83. The van der Waals surface area contributed by atoms with E-state index in [0.717, 1.165) is 19.4 Å². The minimum absolute atomic E-state index is 0.210. The first kappa shape index (κ1) is 12.5. The summed E-state index contributed by atoms with van der Waals surface area (Å²) in [5, 5.41) is 7.49. The molecule has 0 radical (unpaired) electrons. The lowest BCUT2D eigenvalue weighted by atomic mass is 9.79. The highest BCUT2D eigenvalue weighted by Gasteiger charge is 2.37. The standard InChI is InChI=1S/C12H18N2O2S/c13-11(15)12(2-4-16-5-3-12)9-14-7-10-1-6-17-8-10/h1,6,8,14H,2-5,7,9H2,(H2,13,15). The summed E-state index contributed by atoms with van der Waals surface area (Å²) in [5.74, 6) is -0.210. The van der Waals surface area contributed by atoms with Gasteiger partial charge in [-0.3, -0.25) is 4.79 Å². The summed E-state index contributed by atoms with van der Waals surface area (Å²) in [5.41, 5.74) is 6.36. The van der Waals surface area contributed by atoms with E-state index >= 15 is 0 Å². The van der Waals surface area contributed by atoms with Crippen LogP contribution in [-0.2, 0) is 16.1 Å². The fraction of sp³-hybridized carbons (Fsp3) is 0.583. The van der Waals surface area contributed by atoms with E-state index in [0.29, 0.717) is 19.8 Å². The van der Waals surface area contributed by atoms with Gasteiger partial charge in [-0.15, -0.1) is 0 Å². The number of carbonyl (C=O) groups is 1. The molecular weight excluding hydrogens is 236 g/mol. The van der Waals surface area contributed by atoms with Crippen LogP contribution in [0.25, 0.3) is 0 Å². The van der Waals surface area contributed by atoms with Gasteiger partial charge in [0.05, 0.1) is 5.41 Å². The van der Waals surface area contributed by atoms with Gasteiger partial charge in [0.2, 0.25) is 5.91 Å². The minimum Gasteiger partial charge on any atom is -0.381 e. The van der Waals surface area contributed by atoms with Crippen LogP contribution in [0.15, 0.2) is 16.8 Å². The molecule has 0 saturated carbocycles. The van der Waals surface area contributed by atoms with Crippen molar-refractivity contribution in [2.75, 3.05) is 19.8 Å². The maximum Gasteiger partial charge on any atom is 0.225 e. The van der Waals surface area contributed by atoms with Gasteiger partial charge in [0.15, 0.2) is 0 Å². The molecule has 1 aromatic rings. The lowest BCUT2D eigenvalue weighted by Crippen LogP contribution is -2.48. The maximum atomic E-state index is 11.6. The van der Waals surface area contributed by atoms with E-state index in [4.69, 9.17) is 10.5 Å². The molecule has 1 aliphatic heterocycles. The van der Waals surface area contributed by atoms with Crippen LogP contribution in [0.1, 0.15) is 18.4 Å². The number of carbonyl (C=O) groups excluding carboxylic acids is 1. The Morgan fingerprint density at radius 2 is 2.29 bits per heavy atom. The van der Waals surface area contributed by atoms with E-state index in [2.05, 4.69) is 22.1 Å². The molecule has 0 aliphatic carbocycles. The predicted octanol–water partition coefficient (Wildman–Crippen LogP) is 1.12. The van der Waals surface area contributed by atoms with Gasteiger partial charge in [0, 0.05) is 26.3 Å². The Morgan fingerprint density at radius 3 is 2.88 bits per heavy atom. The first-order valence-electron chi connectivity index (χ1n) is 5.82. The van der Waals surface area contributed by atoms with E-state index in [1.807, 2.05) is 0 Å². The summed E-state index contributed by atoms with van der Waals surface area (Å²) in [4.78, 5) is 11.6. The van der Waals surface area contributed by atoms with Gasteiger partial charge in [-0.2, -0.15) is 11.3 Å².